The van der Waals surface area contributed by atoms with Gasteiger partial charge in [0.2, 0.25) is 11.8 Å². The van der Waals surface area contributed by atoms with Crippen molar-refractivity contribution in [2.75, 3.05) is 5.32 Å². The average Bonchev–Trinajstić information content (AvgIpc) is 2.09. The molecule has 0 bridgehead atoms. The van der Waals surface area contributed by atoms with Crippen molar-refractivity contribution in [2.24, 2.45) is 0 Å². The lowest BCUT2D eigenvalue weighted by atomic mass is 10.4. The van der Waals surface area contributed by atoms with E-state index in [1.54, 1.807) is 6.92 Å². The number of carbonyl (C=O) groups is 1. The molecule has 0 aliphatic carbocycles. The second-order valence-electron chi connectivity index (χ2n) is 2.16. The first-order valence-electron chi connectivity index (χ1n) is 3.53. The minimum absolute atomic E-state index is 0.180. The fraction of sp³-hybridized carbons (Fsp3) is 0.286. The van der Waals surface area contributed by atoms with Crippen molar-refractivity contribution in [3.63, 3.8) is 0 Å². The van der Waals surface area contributed by atoms with Gasteiger partial charge >= 0.3 is 0 Å². The summed E-state index contributed by atoms with van der Waals surface area (Å²) < 4.78 is 0. The minimum atomic E-state index is -0.216. The van der Waals surface area contributed by atoms with E-state index in [0.29, 0.717) is 6.42 Å². The van der Waals surface area contributed by atoms with Crippen LogP contribution in [0, 0.1) is 0 Å². The van der Waals surface area contributed by atoms with Gasteiger partial charge in [-0.3, -0.25) is 4.79 Å². The highest BCUT2D eigenvalue weighted by Crippen LogP contribution is 2.16. The number of nitrogens with one attached hydrogen (secondary N) is 1. The van der Waals surface area contributed by atoms with Crippen LogP contribution in [-0.4, -0.2) is 21.0 Å². The van der Waals surface area contributed by atoms with E-state index in [2.05, 4.69) is 15.3 Å². The normalized spacial score (nSPS) is 9.42. The molecule has 1 heterocycles. The van der Waals surface area contributed by atoms with Crippen LogP contribution in [0.4, 0.5) is 5.69 Å². The number of hydrogen-bond donors (Lipinski definition) is 2. The Kier molecular flexibility index (Phi) is 2.57. The lowest BCUT2D eigenvalue weighted by Gasteiger charge is -2.02. The molecule has 1 rings (SSSR count). The van der Waals surface area contributed by atoms with E-state index in [4.69, 9.17) is 5.11 Å². The van der Waals surface area contributed by atoms with Crippen LogP contribution in [0.5, 0.6) is 5.88 Å². The third-order valence-electron chi connectivity index (χ3n) is 1.29. The van der Waals surface area contributed by atoms with Gasteiger partial charge in [0, 0.05) is 6.42 Å². The second kappa shape index (κ2) is 3.66. The first kappa shape index (κ1) is 8.45. The molecule has 1 aromatic heterocycles. The van der Waals surface area contributed by atoms with E-state index in [-0.39, 0.29) is 17.5 Å². The molecule has 0 unspecified atom stereocenters. The van der Waals surface area contributed by atoms with Crippen LogP contribution in [0.15, 0.2) is 12.5 Å². The van der Waals surface area contributed by atoms with Gasteiger partial charge in [0.15, 0.2) is 0 Å². The van der Waals surface area contributed by atoms with Crippen LogP contribution in [-0.2, 0) is 4.79 Å². The van der Waals surface area contributed by atoms with E-state index in [0.717, 1.165) is 0 Å². The lowest BCUT2D eigenvalue weighted by Crippen LogP contribution is -2.09. The number of carbonyl (C=O) groups excluding carboxylic acids is 1. The highest BCUT2D eigenvalue weighted by atomic mass is 16.3. The van der Waals surface area contributed by atoms with Gasteiger partial charge in [-0.1, -0.05) is 6.92 Å². The largest absolute Gasteiger partial charge is 0.492 e. The van der Waals surface area contributed by atoms with E-state index >= 15 is 0 Å². The SMILES string of the molecule is CCC(=O)Nc1cncnc1O. The molecular formula is C7H9N3O2. The van der Waals surface area contributed by atoms with Crippen molar-refractivity contribution in [3.8, 4) is 5.88 Å². The fourth-order valence-corrected chi connectivity index (χ4v) is 0.650. The predicted molar refractivity (Wildman–Crippen MR) is 42.6 cm³/mol. The van der Waals surface area contributed by atoms with Crippen molar-refractivity contribution in [2.45, 2.75) is 13.3 Å². The fourth-order valence-electron chi connectivity index (χ4n) is 0.650. The van der Waals surface area contributed by atoms with Crippen LogP contribution in [0.3, 0.4) is 0 Å². The Balaban J connectivity index is 2.75. The Labute approximate surface area is 69.5 Å². The summed E-state index contributed by atoms with van der Waals surface area (Å²) in [5.41, 5.74) is 0.240. The highest BCUT2D eigenvalue weighted by molar-refractivity contribution is 5.91. The number of nitrogens with zero attached hydrogens (tertiary/aromatic N) is 2. The molecule has 1 aromatic rings. The van der Waals surface area contributed by atoms with Crippen LogP contribution < -0.4 is 5.32 Å². The van der Waals surface area contributed by atoms with Crippen LogP contribution in [0.2, 0.25) is 0 Å². The first-order valence-corrected chi connectivity index (χ1v) is 3.53. The molecule has 0 saturated carbocycles. The summed E-state index contributed by atoms with van der Waals surface area (Å²) >= 11 is 0. The first-order chi connectivity index (χ1) is 5.74. The molecule has 0 atom stereocenters. The number of rotatable bonds is 2. The van der Waals surface area contributed by atoms with Crippen LogP contribution in [0.25, 0.3) is 0 Å². The number of hydrogen-bond acceptors (Lipinski definition) is 4. The molecule has 0 aromatic carbocycles. The summed E-state index contributed by atoms with van der Waals surface area (Å²) in [6, 6.07) is 0. The zero-order valence-electron chi connectivity index (χ0n) is 6.61. The van der Waals surface area contributed by atoms with E-state index in [9.17, 15) is 4.79 Å². The third kappa shape index (κ3) is 1.91. The van der Waals surface area contributed by atoms with Gasteiger partial charge in [-0.2, -0.15) is 0 Å². The van der Waals surface area contributed by atoms with Gasteiger partial charge < -0.3 is 10.4 Å². The zero-order chi connectivity index (χ0) is 8.97. The van der Waals surface area contributed by atoms with Gasteiger partial charge in [-0.25, -0.2) is 9.97 Å². The molecule has 0 radical (unpaired) electrons. The Bertz CT molecular complexity index is 288. The van der Waals surface area contributed by atoms with Crippen molar-refractivity contribution in [1.82, 2.24) is 9.97 Å². The summed E-state index contributed by atoms with van der Waals surface area (Å²) in [6.45, 7) is 1.72. The molecule has 0 aliphatic rings. The number of amides is 1. The number of anilines is 1. The molecule has 5 nitrogen and oxygen atoms in total. The molecule has 0 spiro atoms. The number of aromatic hydroxyl groups is 1. The van der Waals surface area contributed by atoms with Gasteiger partial charge in [-0.05, 0) is 0 Å². The van der Waals surface area contributed by atoms with Crippen molar-refractivity contribution < 1.29 is 9.90 Å². The standard InChI is InChI=1S/C7H9N3O2/c1-2-6(11)10-5-3-8-4-9-7(5)12/h3-4H,2H2,1H3,(H,10,11)(H,8,9,12). The molecule has 0 aliphatic heterocycles. The zero-order valence-corrected chi connectivity index (χ0v) is 6.61. The van der Waals surface area contributed by atoms with Gasteiger partial charge in [0.25, 0.3) is 0 Å². The molecular weight excluding hydrogens is 158 g/mol. The molecule has 0 fully saturated rings. The monoisotopic (exact) mass is 167 g/mol. The van der Waals surface area contributed by atoms with Gasteiger partial charge in [0.05, 0.1) is 6.20 Å². The predicted octanol–water partition coefficient (Wildman–Crippen LogP) is 0.531. The molecule has 0 saturated heterocycles. The van der Waals surface area contributed by atoms with Crippen molar-refractivity contribution in [3.05, 3.63) is 12.5 Å². The minimum Gasteiger partial charge on any atom is -0.492 e. The molecule has 2 N–H and O–H groups in total. The average molecular weight is 167 g/mol. The summed E-state index contributed by atoms with van der Waals surface area (Å²) in [6.07, 6.45) is 2.90. The molecule has 12 heavy (non-hydrogen) atoms. The quantitative estimate of drug-likeness (QED) is 0.673. The number of aromatic nitrogens is 2. The van der Waals surface area contributed by atoms with E-state index in [1.165, 1.54) is 12.5 Å². The maximum Gasteiger partial charge on any atom is 0.238 e. The van der Waals surface area contributed by atoms with Crippen molar-refractivity contribution >= 4 is 11.6 Å². The smallest absolute Gasteiger partial charge is 0.238 e. The molecule has 64 valence electrons. The Hall–Kier alpha value is -1.65. The maximum absolute atomic E-state index is 10.9. The maximum atomic E-state index is 10.9. The summed E-state index contributed by atoms with van der Waals surface area (Å²) in [5.74, 6) is -0.396. The molecule has 1 amide bonds. The van der Waals surface area contributed by atoms with Crippen LogP contribution in [0.1, 0.15) is 13.3 Å². The Morgan fingerprint density at radius 2 is 2.50 bits per heavy atom. The van der Waals surface area contributed by atoms with Crippen molar-refractivity contribution in [1.29, 1.82) is 0 Å². The van der Waals surface area contributed by atoms with Crippen LogP contribution >= 0.6 is 0 Å². The molecule has 5 heteroatoms. The summed E-state index contributed by atoms with van der Waals surface area (Å²) in [7, 11) is 0. The Morgan fingerprint density at radius 3 is 3.08 bits per heavy atom. The van der Waals surface area contributed by atoms with Gasteiger partial charge in [-0.15, -0.1) is 0 Å². The summed E-state index contributed by atoms with van der Waals surface area (Å²) in [4.78, 5) is 18.0. The lowest BCUT2D eigenvalue weighted by molar-refractivity contribution is -0.115. The summed E-state index contributed by atoms with van der Waals surface area (Å²) in [5, 5.41) is 11.5. The second-order valence-corrected chi connectivity index (χ2v) is 2.16. The highest BCUT2D eigenvalue weighted by Gasteiger charge is 2.03. The topological polar surface area (TPSA) is 75.1 Å². The van der Waals surface area contributed by atoms with E-state index in [1.807, 2.05) is 0 Å². The van der Waals surface area contributed by atoms with Gasteiger partial charge in [0.1, 0.15) is 12.0 Å². The third-order valence-corrected chi connectivity index (χ3v) is 1.29. The Morgan fingerprint density at radius 1 is 1.75 bits per heavy atom. The van der Waals surface area contributed by atoms with E-state index < -0.39 is 0 Å².